The maximum atomic E-state index is 12.6. The molecule has 0 aliphatic rings. The number of phosphoric acid groups is 1. The fraction of sp³-hybridized carbons (Fsp3) is 0.830. The Morgan fingerprint density at radius 3 is 1.44 bits per heavy atom. The van der Waals surface area contributed by atoms with Gasteiger partial charge in [-0.3, -0.25) is 18.6 Å². The fourth-order valence-corrected chi connectivity index (χ4v) is 7.36. The number of carbonyl (C=O) groups excluding carboxylic acids is 2. The maximum Gasteiger partial charge on any atom is 0.472 e. The molecule has 0 spiro atoms. The average Bonchev–Trinajstić information content (AvgIpc) is 3.20. The normalized spacial score (nSPS) is 13.5. The highest BCUT2D eigenvalue weighted by atomic mass is 31.2. The van der Waals surface area contributed by atoms with E-state index < -0.39 is 26.5 Å². The molecule has 0 rings (SSSR count). The Labute approximate surface area is 350 Å². The Morgan fingerprint density at radius 2 is 0.965 bits per heavy atom. The van der Waals surface area contributed by atoms with Crippen LogP contribution in [0, 0.1) is 0 Å². The van der Waals surface area contributed by atoms with Crippen molar-refractivity contribution in [2.24, 2.45) is 5.73 Å². The maximum absolute atomic E-state index is 12.6. The van der Waals surface area contributed by atoms with Crippen molar-refractivity contribution in [2.75, 3.05) is 26.4 Å². The number of rotatable bonds is 44. The minimum absolute atomic E-state index is 0.0508. The van der Waals surface area contributed by atoms with Crippen LogP contribution in [0.2, 0.25) is 0 Å². The number of unbranched alkanes of at least 4 members (excludes halogenated alkanes) is 25. The molecule has 0 saturated heterocycles. The van der Waals surface area contributed by atoms with E-state index in [-0.39, 0.29) is 38.6 Å². The van der Waals surface area contributed by atoms with E-state index in [1.807, 2.05) is 0 Å². The van der Waals surface area contributed by atoms with Crippen LogP contribution in [-0.4, -0.2) is 49.3 Å². The van der Waals surface area contributed by atoms with Gasteiger partial charge in [0.15, 0.2) is 6.10 Å². The number of ether oxygens (including phenoxy) is 2. The zero-order valence-corrected chi connectivity index (χ0v) is 37.7. The molecular formula is C47H88NO8P. The second-order valence-electron chi connectivity index (χ2n) is 15.6. The molecule has 0 aliphatic carbocycles. The highest BCUT2D eigenvalue weighted by Crippen LogP contribution is 2.43. The topological polar surface area (TPSA) is 134 Å². The van der Waals surface area contributed by atoms with E-state index in [0.717, 1.165) is 70.6 Å². The van der Waals surface area contributed by atoms with Gasteiger partial charge in [-0.2, -0.15) is 0 Å². The molecule has 0 aromatic heterocycles. The first kappa shape index (κ1) is 55.2. The molecular weight excluding hydrogens is 737 g/mol. The van der Waals surface area contributed by atoms with Gasteiger partial charge in [0.1, 0.15) is 6.61 Å². The summed E-state index contributed by atoms with van der Waals surface area (Å²) in [6.45, 7) is 3.63. The lowest BCUT2D eigenvalue weighted by atomic mass is 10.0. The van der Waals surface area contributed by atoms with Crippen molar-refractivity contribution in [3.63, 3.8) is 0 Å². The fourth-order valence-electron chi connectivity index (χ4n) is 6.59. The Morgan fingerprint density at radius 1 is 0.544 bits per heavy atom. The van der Waals surface area contributed by atoms with Crippen molar-refractivity contribution in [3.8, 4) is 0 Å². The van der Waals surface area contributed by atoms with Crippen molar-refractivity contribution >= 4 is 19.8 Å². The van der Waals surface area contributed by atoms with E-state index in [0.29, 0.717) is 6.42 Å². The zero-order chi connectivity index (χ0) is 41.8. The summed E-state index contributed by atoms with van der Waals surface area (Å²) in [5.74, 6) is -0.840. The van der Waals surface area contributed by atoms with Gasteiger partial charge in [0.25, 0.3) is 0 Å². The second kappa shape index (κ2) is 43.8. The first-order valence-electron chi connectivity index (χ1n) is 23.5. The van der Waals surface area contributed by atoms with Crippen molar-refractivity contribution in [3.05, 3.63) is 36.5 Å². The summed E-state index contributed by atoms with van der Waals surface area (Å²) < 4.78 is 32.8. The molecule has 0 aliphatic heterocycles. The molecule has 334 valence electrons. The minimum Gasteiger partial charge on any atom is -0.462 e. The molecule has 0 amide bonds. The molecule has 0 aromatic rings. The highest BCUT2D eigenvalue weighted by molar-refractivity contribution is 7.47. The summed E-state index contributed by atoms with van der Waals surface area (Å²) >= 11 is 0. The van der Waals surface area contributed by atoms with E-state index in [9.17, 15) is 19.0 Å². The van der Waals surface area contributed by atoms with Crippen LogP contribution in [0.1, 0.15) is 219 Å². The van der Waals surface area contributed by atoms with Gasteiger partial charge in [0.05, 0.1) is 13.2 Å². The molecule has 0 radical (unpaired) electrons. The molecule has 0 fully saturated rings. The van der Waals surface area contributed by atoms with E-state index in [1.54, 1.807) is 0 Å². The van der Waals surface area contributed by atoms with E-state index in [4.69, 9.17) is 24.3 Å². The van der Waals surface area contributed by atoms with Gasteiger partial charge in [0, 0.05) is 19.4 Å². The minimum atomic E-state index is -4.38. The lowest BCUT2D eigenvalue weighted by Crippen LogP contribution is -2.29. The van der Waals surface area contributed by atoms with E-state index in [1.165, 1.54) is 116 Å². The number of carbonyl (C=O) groups is 2. The number of nitrogens with two attached hydrogens (primary N) is 1. The van der Waals surface area contributed by atoms with Gasteiger partial charge in [0.2, 0.25) is 0 Å². The van der Waals surface area contributed by atoms with E-state index >= 15 is 0 Å². The predicted octanol–water partition coefficient (Wildman–Crippen LogP) is 13.7. The Bertz CT molecular complexity index is 1030. The van der Waals surface area contributed by atoms with Gasteiger partial charge < -0.3 is 20.1 Å². The van der Waals surface area contributed by atoms with Crippen molar-refractivity contribution in [1.82, 2.24) is 0 Å². The quantitative estimate of drug-likeness (QED) is 0.0266. The Balaban J connectivity index is 4.06. The molecule has 3 N–H and O–H groups in total. The Hall–Kier alpha value is -1.77. The monoisotopic (exact) mass is 826 g/mol. The largest absolute Gasteiger partial charge is 0.472 e. The van der Waals surface area contributed by atoms with Crippen molar-refractivity contribution in [1.29, 1.82) is 0 Å². The van der Waals surface area contributed by atoms with Crippen LogP contribution >= 0.6 is 7.82 Å². The summed E-state index contributed by atoms with van der Waals surface area (Å²) in [5.41, 5.74) is 5.35. The molecule has 2 unspecified atom stereocenters. The van der Waals surface area contributed by atoms with Crippen LogP contribution in [0.4, 0.5) is 0 Å². The summed E-state index contributed by atoms with van der Waals surface area (Å²) in [7, 11) is -4.38. The van der Waals surface area contributed by atoms with Gasteiger partial charge in [-0.15, -0.1) is 0 Å². The molecule has 9 nitrogen and oxygen atoms in total. The number of hydrogen-bond acceptors (Lipinski definition) is 8. The second-order valence-corrected chi connectivity index (χ2v) is 17.1. The van der Waals surface area contributed by atoms with Crippen LogP contribution in [0.25, 0.3) is 0 Å². The third kappa shape index (κ3) is 43.6. The molecule has 0 saturated carbocycles. The smallest absolute Gasteiger partial charge is 0.462 e. The number of phosphoric ester groups is 1. The van der Waals surface area contributed by atoms with Gasteiger partial charge in [-0.1, -0.05) is 198 Å². The third-order valence-corrected chi connectivity index (χ3v) is 11.0. The molecule has 0 bridgehead atoms. The average molecular weight is 826 g/mol. The van der Waals surface area contributed by atoms with Crippen molar-refractivity contribution < 1.29 is 37.6 Å². The molecule has 2 atom stereocenters. The Kier molecular flexibility index (Phi) is 42.4. The predicted molar refractivity (Wildman–Crippen MR) is 238 cm³/mol. The standard InChI is InChI=1S/C47H88NO8P/c1-3-5-7-9-11-13-15-17-19-20-21-22-23-24-26-27-29-31-33-35-37-39-46(49)53-43-45(44-55-57(51,52)54-42-41-48)56-47(50)40-38-36-34-32-30-28-25-18-16-14-12-10-8-6-4-2/h6,8,12,14,18,25,45H,3-5,7,9-11,13,15-17,19-24,26-44,48H2,1-2H3,(H,51,52)/b8-6-,14-12-,25-18-. The van der Waals surface area contributed by atoms with Gasteiger partial charge >= 0.3 is 19.8 Å². The summed E-state index contributed by atoms with van der Waals surface area (Å²) in [5, 5.41) is 0. The zero-order valence-electron chi connectivity index (χ0n) is 36.8. The van der Waals surface area contributed by atoms with Gasteiger partial charge in [-0.25, -0.2) is 4.57 Å². The van der Waals surface area contributed by atoms with Gasteiger partial charge in [-0.05, 0) is 44.9 Å². The van der Waals surface area contributed by atoms with Crippen molar-refractivity contribution in [2.45, 2.75) is 225 Å². The van der Waals surface area contributed by atoms with Crippen LogP contribution in [-0.2, 0) is 32.7 Å². The number of allylic oxidation sites excluding steroid dienone is 6. The van der Waals surface area contributed by atoms with Crippen LogP contribution in [0.3, 0.4) is 0 Å². The summed E-state index contributed by atoms with van der Waals surface area (Å²) in [6, 6.07) is 0. The number of hydrogen-bond donors (Lipinski definition) is 2. The highest BCUT2D eigenvalue weighted by Gasteiger charge is 2.26. The molecule has 10 heteroatoms. The molecule has 0 heterocycles. The molecule has 0 aromatic carbocycles. The molecule has 57 heavy (non-hydrogen) atoms. The van der Waals surface area contributed by atoms with Crippen LogP contribution in [0.15, 0.2) is 36.5 Å². The van der Waals surface area contributed by atoms with E-state index in [2.05, 4.69) is 50.3 Å². The first-order chi connectivity index (χ1) is 27.8. The van der Waals surface area contributed by atoms with Crippen LogP contribution in [0.5, 0.6) is 0 Å². The van der Waals surface area contributed by atoms with Crippen LogP contribution < -0.4 is 5.73 Å². The SMILES string of the molecule is CC/C=C\C/C=C\C/C=C\CCCCCCCC(=O)OC(COC(=O)CCCCCCCCCCCCCCCCCCCCCCC)COP(=O)(O)OCCN. The lowest BCUT2D eigenvalue weighted by molar-refractivity contribution is -0.161. The number of esters is 2. The third-order valence-electron chi connectivity index (χ3n) is 10.0. The summed E-state index contributed by atoms with van der Waals surface area (Å²) in [4.78, 5) is 34.9. The first-order valence-corrected chi connectivity index (χ1v) is 25.0. The summed E-state index contributed by atoms with van der Waals surface area (Å²) in [6.07, 6.45) is 49.0. The lowest BCUT2D eigenvalue weighted by Gasteiger charge is -2.19.